The maximum absolute atomic E-state index is 12.5. The zero-order valence-corrected chi connectivity index (χ0v) is 18.4. The van der Waals surface area contributed by atoms with Crippen molar-refractivity contribution in [2.45, 2.75) is 6.61 Å². The summed E-state index contributed by atoms with van der Waals surface area (Å²) in [7, 11) is -3.10. The van der Waals surface area contributed by atoms with Gasteiger partial charge in [0.2, 0.25) is 0 Å². The van der Waals surface area contributed by atoms with Gasteiger partial charge in [-0.05, 0) is 36.4 Å². The Bertz CT molecular complexity index is 1110. The quantitative estimate of drug-likeness (QED) is 0.511. The third kappa shape index (κ3) is 7.01. The largest absolute Gasteiger partial charge is 0.492 e. The van der Waals surface area contributed by atoms with Crippen LogP contribution in [0.4, 0.5) is 5.69 Å². The van der Waals surface area contributed by atoms with Crippen molar-refractivity contribution < 1.29 is 22.7 Å². The van der Waals surface area contributed by atoms with Crippen molar-refractivity contribution in [1.29, 1.82) is 0 Å². The zero-order valence-electron chi connectivity index (χ0n) is 16.0. The lowest BCUT2D eigenvalue weighted by atomic mass is 10.3. The molecule has 1 heterocycles. The molecule has 0 radical (unpaired) electrons. The first-order valence-corrected chi connectivity index (χ1v) is 12.1. The number of sulfone groups is 1. The van der Waals surface area contributed by atoms with Gasteiger partial charge in [0.25, 0.3) is 5.91 Å². The Morgan fingerprint density at radius 1 is 1.13 bits per heavy atom. The van der Waals surface area contributed by atoms with E-state index in [0.29, 0.717) is 27.2 Å². The molecule has 1 aromatic heterocycles. The first-order valence-electron chi connectivity index (χ1n) is 8.83. The highest BCUT2D eigenvalue weighted by molar-refractivity contribution is 7.90. The van der Waals surface area contributed by atoms with E-state index in [1.165, 1.54) is 11.3 Å². The van der Waals surface area contributed by atoms with Crippen LogP contribution in [-0.4, -0.2) is 37.9 Å². The second-order valence-electron chi connectivity index (χ2n) is 6.33. The molecule has 0 atom stereocenters. The molecule has 0 spiro atoms. The van der Waals surface area contributed by atoms with E-state index in [-0.39, 0.29) is 30.6 Å². The molecule has 0 aliphatic rings. The fourth-order valence-electron chi connectivity index (χ4n) is 2.33. The minimum Gasteiger partial charge on any atom is -0.492 e. The van der Waals surface area contributed by atoms with Gasteiger partial charge in [-0.15, -0.1) is 11.3 Å². The molecule has 1 amide bonds. The molecule has 7 nitrogen and oxygen atoms in total. The van der Waals surface area contributed by atoms with Gasteiger partial charge in [0.15, 0.2) is 9.84 Å². The SMILES string of the molecule is CS(=O)(=O)CCOc1cccc(NC(=O)c2csc(COc3ccc(Cl)cc3)n2)c1. The summed E-state index contributed by atoms with van der Waals surface area (Å²) in [6, 6.07) is 13.7. The van der Waals surface area contributed by atoms with E-state index in [1.54, 1.807) is 53.9 Å². The Hall–Kier alpha value is -2.62. The van der Waals surface area contributed by atoms with Gasteiger partial charge in [0.1, 0.15) is 35.4 Å². The number of aromatic nitrogens is 1. The minimum atomic E-state index is -3.10. The van der Waals surface area contributed by atoms with Crippen LogP contribution in [0, 0.1) is 0 Å². The molecule has 10 heteroatoms. The highest BCUT2D eigenvalue weighted by Crippen LogP contribution is 2.20. The lowest BCUT2D eigenvalue weighted by Crippen LogP contribution is -2.13. The predicted octanol–water partition coefficient (Wildman–Crippen LogP) is 4.05. The highest BCUT2D eigenvalue weighted by Gasteiger charge is 2.12. The van der Waals surface area contributed by atoms with Crippen LogP contribution in [0.5, 0.6) is 11.5 Å². The second kappa shape index (κ2) is 9.92. The van der Waals surface area contributed by atoms with Crippen LogP contribution in [-0.2, 0) is 16.4 Å². The molecule has 0 unspecified atom stereocenters. The number of halogens is 1. The number of rotatable bonds is 9. The van der Waals surface area contributed by atoms with E-state index in [1.807, 2.05) is 0 Å². The number of benzene rings is 2. The standard InChI is InChI=1S/C20H19ClN2O5S2/c1-30(25,26)10-9-27-17-4-2-3-15(11-17)22-20(24)18-13-29-19(23-18)12-28-16-7-5-14(21)6-8-16/h2-8,11,13H,9-10,12H2,1H3,(H,22,24). The number of hydrogen-bond donors (Lipinski definition) is 1. The number of carbonyl (C=O) groups is 1. The zero-order chi connectivity index (χ0) is 21.6. The summed E-state index contributed by atoms with van der Waals surface area (Å²) >= 11 is 7.17. The summed E-state index contributed by atoms with van der Waals surface area (Å²) in [5, 5.41) is 5.69. The Balaban J connectivity index is 1.54. The van der Waals surface area contributed by atoms with Crippen LogP contribution in [0.15, 0.2) is 53.9 Å². The molecule has 2 aromatic carbocycles. The van der Waals surface area contributed by atoms with E-state index in [4.69, 9.17) is 21.1 Å². The van der Waals surface area contributed by atoms with Crippen molar-refractivity contribution >= 4 is 44.4 Å². The van der Waals surface area contributed by atoms with Gasteiger partial charge in [0.05, 0.1) is 5.75 Å². The monoisotopic (exact) mass is 466 g/mol. The van der Waals surface area contributed by atoms with Gasteiger partial charge in [-0.3, -0.25) is 4.79 Å². The van der Waals surface area contributed by atoms with Gasteiger partial charge in [-0.2, -0.15) is 0 Å². The fourth-order valence-corrected chi connectivity index (χ4v) is 3.52. The molecular formula is C20H19ClN2O5S2. The van der Waals surface area contributed by atoms with Crippen molar-refractivity contribution in [1.82, 2.24) is 4.98 Å². The third-order valence-corrected chi connectivity index (χ3v) is 5.76. The van der Waals surface area contributed by atoms with Crippen molar-refractivity contribution in [3.8, 4) is 11.5 Å². The van der Waals surface area contributed by atoms with E-state index >= 15 is 0 Å². The second-order valence-corrected chi connectivity index (χ2v) is 9.97. The number of nitrogens with zero attached hydrogens (tertiary/aromatic N) is 1. The average molecular weight is 467 g/mol. The molecule has 3 aromatic rings. The van der Waals surface area contributed by atoms with Crippen molar-refractivity contribution in [2.75, 3.05) is 23.9 Å². The van der Waals surface area contributed by atoms with Crippen molar-refractivity contribution in [2.24, 2.45) is 0 Å². The summed E-state index contributed by atoms with van der Waals surface area (Å²) in [4.78, 5) is 16.7. The minimum absolute atomic E-state index is 0.0410. The third-order valence-electron chi connectivity index (χ3n) is 3.78. The van der Waals surface area contributed by atoms with Gasteiger partial charge in [0, 0.05) is 28.4 Å². The van der Waals surface area contributed by atoms with Crippen molar-refractivity contribution in [3.63, 3.8) is 0 Å². The van der Waals surface area contributed by atoms with Crippen LogP contribution in [0.25, 0.3) is 0 Å². The van der Waals surface area contributed by atoms with E-state index in [0.717, 1.165) is 6.26 Å². The number of carbonyl (C=O) groups excluding carboxylic acids is 1. The Morgan fingerprint density at radius 3 is 2.63 bits per heavy atom. The predicted molar refractivity (Wildman–Crippen MR) is 117 cm³/mol. The van der Waals surface area contributed by atoms with Crippen LogP contribution < -0.4 is 14.8 Å². The highest BCUT2D eigenvalue weighted by atomic mass is 35.5. The Labute approximate surface area is 183 Å². The molecule has 158 valence electrons. The lowest BCUT2D eigenvalue weighted by molar-refractivity contribution is 0.102. The number of thiazole rings is 1. The van der Waals surface area contributed by atoms with Crippen LogP contribution in [0.1, 0.15) is 15.5 Å². The number of amides is 1. The van der Waals surface area contributed by atoms with Crippen molar-refractivity contribution in [3.05, 3.63) is 69.6 Å². The molecule has 0 fully saturated rings. The Kier molecular flexibility index (Phi) is 7.30. The number of anilines is 1. The first kappa shape index (κ1) is 22.1. The topological polar surface area (TPSA) is 94.6 Å². The van der Waals surface area contributed by atoms with Gasteiger partial charge in [-0.1, -0.05) is 17.7 Å². The molecule has 0 aliphatic carbocycles. The summed E-state index contributed by atoms with van der Waals surface area (Å²) < 4.78 is 33.4. The smallest absolute Gasteiger partial charge is 0.275 e. The summed E-state index contributed by atoms with van der Waals surface area (Å²) in [6.45, 7) is 0.280. The molecular weight excluding hydrogens is 448 g/mol. The van der Waals surface area contributed by atoms with E-state index in [9.17, 15) is 13.2 Å². The number of ether oxygens (including phenoxy) is 2. The van der Waals surface area contributed by atoms with E-state index in [2.05, 4.69) is 10.3 Å². The Morgan fingerprint density at radius 2 is 1.90 bits per heavy atom. The molecule has 1 N–H and O–H groups in total. The van der Waals surface area contributed by atoms with Gasteiger partial charge in [-0.25, -0.2) is 13.4 Å². The normalized spacial score (nSPS) is 11.1. The average Bonchev–Trinajstić information content (AvgIpc) is 3.16. The van der Waals surface area contributed by atoms with Crippen LogP contribution >= 0.6 is 22.9 Å². The summed E-state index contributed by atoms with van der Waals surface area (Å²) in [5.74, 6) is 0.681. The molecule has 30 heavy (non-hydrogen) atoms. The molecule has 0 bridgehead atoms. The molecule has 0 aliphatic heterocycles. The van der Waals surface area contributed by atoms with Crippen LogP contribution in [0.3, 0.4) is 0 Å². The number of hydrogen-bond acceptors (Lipinski definition) is 7. The molecule has 0 saturated heterocycles. The summed E-state index contributed by atoms with van der Waals surface area (Å²) in [5.41, 5.74) is 0.793. The first-order chi connectivity index (χ1) is 14.3. The van der Waals surface area contributed by atoms with Gasteiger partial charge >= 0.3 is 0 Å². The number of nitrogens with one attached hydrogen (secondary N) is 1. The van der Waals surface area contributed by atoms with E-state index < -0.39 is 9.84 Å². The molecule has 3 rings (SSSR count). The fraction of sp³-hybridized carbons (Fsp3) is 0.200. The maximum atomic E-state index is 12.5. The lowest BCUT2D eigenvalue weighted by Gasteiger charge is -2.08. The van der Waals surface area contributed by atoms with Crippen LogP contribution in [0.2, 0.25) is 5.02 Å². The summed E-state index contributed by atoms with van der Waals surface area (Å²) in [6.07, 6.45) is 1.15. The maximum Gasteiger partial charge on any atom is 0.275 e. The molecule has 0 saturated carbocycles. The van der Waals surface area contributed by atoms with Gasteiger partial charge < -0.3 is 14.8 Å².